The number of carbonyl (C=O) groups excluding carboxylic acids is 2. The number of aliphatic imine (C=N–C) groups is 1. The van der Waals surface area contributed by atoms with Gasteiger partial charge in [-0.3, -0.25) is 9.59 Å². The number of para-hydroxylation sites is 1. The molecule has 2 amide bonds. The van der Waals surface area contributed by atoms with E-state index in [0.29, 0.717) is 15.9 Å². The van der Waals surface area contributed by atoms with E-state index in [2.05, 4.69) is 15.6 Å². The number of nitrogens with zero attached hydrogens (tertiary/aromatic N) is 1. The maximum Gasteiger partial charge on any atom is 0.240 e. The minimum atomic E-state index is -0.503. The maximum absolute atomic E-state index is 12.2. The summed E-state index contributed by atoms with van der Waals surface area (Å²) in [6.07, 6.45) is 0.0643. The van der Waals surface area contributed by atoms with Gasteiger partial charge in [0.25, 0.3) is 0 Å². The number of halogens is 1. The molecule has 1 fully saturated rings. The molecule has 0 unspecified atom stereocenters. The molecule has 134 valence electrons. The summed E-state index contributed by atoms with van der Waals surface area (Å²) in [6, 6.07) is 12.8. The molecule has 0 saturated carbocycles. The van der Waals surface area contributed by atoms with Crippen LogP contribution in [0.15, 0.2) is 47.5 Å². The molecule has 1 heterocycles. The number of anilines is 1. The van der Waals surface area contributed by atoms with Crippen molar-refractivity contribution in [2.75, 3.05) is 5.32 Å². The molecule has 5 nitrogen and oxygen atoms in total. The minimum Gasteiger partial charge on any atom is -0.326 e. The van der Waals surface area contributed by atoms with E-state index in [1.807, 2.05) is 32.0 Å². The second-order valence-electron chi connectivity index (χ2n) is 6.02. The van der Waals surface area contributed by atoms with Gasteiger partial charge in [-0.25, -0.2) is 4.99 Å². The van der Waals surface area contributed by atoms with Crippen molar-refractivity contribution in [1.29, 1.82) is 0 Å². The number of carbonyl (C=O) groups is 2. The van der Waals surface area contributed by atoms with Crippen LogP contribution >= 0.6 is 23.4 Å². The van der Waals surface area contributed by atoms with Crippen LogP contribution in [-0.4, -0.2) is 22.2 Å². The highest BCUT2D eigenvalue weighted by molar-refractivity contribution is 8.15. The highest BCUT2D eigenvalue weighted by Gasteiger charge is 2.32. The van der Waals surface area contributed by atoms with E-state index >= 15 is 0 Å². The van der Waals surface area contributed by atoms with Crippen LogP contribution in [0.1, 0.15) is 17.5 Å². The van der Waals surface area contributed by atoms with Crippen LogP contribution in [0.3, 0.4) is 0 Å². The Bertz CT molecular complexity index is 878. The van der Waals surface area contributed by atoms with Crippen LogP contribution in [0, 0.1) is 13.8 Å². The molecule has 0 bridgehead atoms. The molecule has 2 N–H and O–H groups in total. The highest BCUT2D eigenvalue weighted by atomic mass is 35.5. The molecule has 0 aliphatic carbocycles. The van der Waals surface area contributed by atoms with Crippen LogP contribution < -0.4 is 10.6 Å². The molecule has 0 aromatic heterocycles. The van der Waals surface area contributed by atoms with Gasteiger partial charge in [-0.15, -0.1) is 0 Å². The second kappa shape index (κ2) is 7.93. The Kier molecular flexibility index (Phi) is 5.64. The van der Waals surface area contributed by atoms with Gasteiger partial charge < -0.3 is 10.6 Å². The molecule has 26 heavy (non-hydrogen) atoms. The number of nitrogens with one attached hydrogen (secondary N) is 2. The summed E-state index contributed by atoms with van der Waals surface area (Å²) in [6.45, 7) is 3.95. The van der Waals surface area contributed by atoms with Crippen molar-refractivity contribution >= 4 is 51.7 Å². The first-order valence-electron chi connectivity index (χ1n) is 8.10. The van der Waals surface area contributed by atoms with Gasteiger partial charge in [0.2, 0.25) is 11.8 Å². The van der Waals surface area contributed by atoms with E-state index in [9.17, 15) is 9.59 Å². The number of benzene rings is 2. The number of thioether (sulfide) groups is 1. The molecule has 0 radical (unpaired) electrons. The molecule has 1 atom stereocenters. The van der Waals surface area contributed by atoms with E-state index in [1.165, 1.54) is 11.8 Å². The zero-order valence-corrected chi connectivity index (χ0v) is 15.9. The predicted molar refractivity (Wildman–Crippen MR) is 107 cm³/mol. The van der Waals surface area contributed by atoms with Crippen molar-refractivity contribution in [2.24, 2.45) is 4.99 Å². The summed E-state index contributed by atoms with van der Waals surface area (Å²) in [4.78, 5) is 28.9. The number of rotatable bonds is 4. The summed E-state index contributed by atoms with van der Waals surface area (Å²) in [5, 5.41) is 6.07. The summed E-state index contributed by atoms with van der Waals surface area (Å²) in [5.41, 5.74) is 3.53. The third-order valence-electron chi connectivity index (χ3n) is 3.91. The third-order valence-corrected chi connectivity index (χ3v) is 5.23. The van der Waals surface area contributed by atoms with Crippen LogP contribution in [0.4, 0.5) is 11.4 Å². The Balaban J connectivity index is 1.66. The summed E-state index contributed by atoms with van der Waals surface area (Å²) < 4.78 is 0. The number of hydrogen-bond acceptors (Lipinski definition) is 4. The average molecular weight is 388 g/mol. The maximum atomic E-state index is 12.2. The number of amidine groups is 1. The molecule has 1 aliphatic rings. The lowest BCUT2D eigenvalue weighted by Gasteiger charge is -2.07. The number of amides is 2. The second-order valence-corrected chi connectivity index (χ2v) is 7.64. The van der Waals surface area contributed by atoms with Gasteiger partial charge in [0.1, 0.15) is 5.25 Å². The van der Waals surface area contributed by atoms with E-state index in [0.717, 1.165) is 16.8 Å². The van der Waals surface area contributed by atoms with Crippen molar-refractivity contribution in [3.63, 3.8) is 0 Å². The molecule has 3 rings (SSSR count). The topological polar surface area (TPSA) is 70.6 Å². The van der Waals surface area contributed by atoms with Gasteiger partial charge in [0.15, 0.2) is 5.17 Å². The number of aryl methyl sites for hydroxylation is 2. The Morgan fingerprint density at radius 2 is 1.92 bits per heavy atom. The van der Waals surface area contributed by atoms with Crippen LogP contribution in [0.2, 0.25) is 5.02 Å². The fourth-order valence-corrected chi connectivity index (χ4v) is 3.79. The zero-order chi connectivity index (χ0) is 18.7. The lowest BCUT2D eigenvalue weighted by molar-refractivity contribution is -0.122. The van der Waals surface area contributed by atoms with Crippen molar-refractivity contribution in [3.8, 4) is 0 Å². The molecule has 7 heteroatoms. The van der Waals surface area contributed by atoms with E-state index < -0.39 is 5.25 Å². The minimum absolute atomic E-state index is 0.0643. The predicted octanol–water partition coefficient (Wildman–Crippen LogP) is 4.20. The lowest BCUT2D eigenvalue weighted by Crippen LogP contribution is -2.28. The molecular formula is C19H18ClN3O2S. The monoisotopic (exact) mass is 387 g/mol. The quantitative estimate of drug-likeness (QED) is 0.825. The van der Waals surface area contributed by atoms with Crippen molar-refractivity contribution in [3.05, 3.63) is 58.6 Å². The van der Waals surface area contributed by atoms with Crippen molar-refractivity contribution in [1.82, 2.24) is 5.32 Å². The van der Waals surface area contributed by atoms with Crippen molar-refractivity contribution < 1.29 is 9.59 Å². The average Bonchev–Trinajstić information content (AvgIpc) is 2.90. The Labute approximate surface area is 161 Å². The SMILES string of the molecule is Cc1cccc(C)c1N=C1NC(=O)[C@@H](CC(=O)Nc2cccc(Cl)c2)S1. The fraction of sp³-hybridized carbons (Fsp3) is 0.211. The van der Waals surface area contributed by atoms with Gasteiger partial charge in [-0.05, 0) is 43.2 Å². The third kappa shape index (κ3) is 4.45. The Morgan fingerprint density at radius 3 is 2.62 bits per heavy atom. The van der Waals surface area contributed by atoms with Gasteiger partial charge >= 0.3 is 0 Å². The van der Waals surface area contributed by atoms with Gasteiger partial charge in [0.05, 0.1) is 5.69 Å². The van der Waals surface area contributed by atoms with Crippen LogP contribution in [0.25, 0.3) is 0 Å². The van der Waals surface area contributed by atoms with Crippen molar-refractivity contribution in [2.45, 2.75) is 25.5 Å². The molecular weight excluding hydrogens is 370 g/mol. The smallest absolute Gasteiger partial charge is 0.240 e. The highest BCUT2D eigenvalue weighted by Crippen LogP contribution is 2.29. The molecule has 2 aromatic carbocycles. The lowest BCUT2D eigenvalue weighted by atomic mass is 10.1. The molecule has 0 spiro atoms. The Morgan fingerprint density at radius 1 is 1.23 bits per heavy atom. The summed E-state index contributed by atoms with van der Waals surface area (Å²) >= 11 is 7.18. The Hall–Kier alpha value is -2.31. The fourth-order valence-electron chi connectivity index (χ4n) is 2.62. The normalized spacial score (nSPS) is 18.0. The van der Waals surface area contributed by atoms with Crippen LogP contribution in [0.5, 0.6) is 0 Å². The van der Waals surface area contributed by atoms with E-state index in [1.54, 1.807) is 24.3 Å². The number of hydrogen-bond donors (Lipinski definition) is 2. The van der Waals surface area contributed by atoms with Gasteiger partial charge in [-0.1, -0.05) is 47.6 Å². The zero-order valence-electron chi connectivity index (χ0n) is 14.4. The van der Waals surface area contributed by atoms with E-state index in [4.69, 9.17) is 11.6 Å². The molecule has 1 saturated heterocycles. The summed E-state index contributed by atoms with van der Waals surface area (Å²) in [5.74, 6) is -0.450. The first kappa shape index (κ1) is 18.5. The van der Waals surface area contributed by atoms with E-state index in [-0.39, 0.29) is 18.2 Å². The molecule has 1 aliphatic heterocycles. The standard InChI is InChI=1S/C19H18ClN3O2S/c1-11-5-3-6-12(2)17(11)22-19-23-18(25)15(26-19)10-16(24)21-14-8-4-7-13(20)9-14/h3-9,15H,10H2,1-2H3,(H,21,24)(H,22,23,25)/t15-/m1/s1. The van der Waals surface area contributed by atoms with Gasteiger partial charge in [0, 0.05) is 17.1 Å². The largest absolute Gasteiger partial charge is 0.326 e. The summed E-state index contributed by atoms with van der Waals surface area (Å²) in [7, 11) is 0. The first-order chi connectivity index (χ1) is 12.4. The first-order valence-corrected chi connectivity index (χ1v) is 9.36. The van der Waals surface area contributed by atoms with Gasteiger partial charge in [-0.2, -0.15) is 0 Å². The molecule has 2 aromatic rings. The van der Waals surface area contributed by atoms with Crippen LogP contribution in [-0.2, 0) is 9.59 Å².